The van der Waals surface area contributed by atoms with E-state index in [4.69, 9.17) is 0 Å². The lowest BCUT2D eigenvalue weighted by molar-refractivity contribution is 0.0763. The zero-order valence-electron chi connectivity index (χ0n) is 21.3. The fourth-order valence-corrected chi connectivity index (χ4v) is 6.66. The Bertz CT molecular complexity index is 1790. The standard InChI is InChI=1S/C32H24FN5O/c1-20-13-29-23(17-36-38(29)25-9-7-24(33)8-10-25)15-26(20)32-19-37(31(39)28-14-21(16-34)11-12-35-28)18-27(32)30(32)22-5-3-2-4-6-22/h2-15,17,27,30H,18-19H2,1H3/t27-,30-,32+/m0/s1. The maximum absolute atomic E-state index is 13.5. The van der Waals surface area contributed by atoms with Crippen molar-refractivity contribution in [3.05, 3.63) is 125 Å². The van der Waals surface area contributed by atoms with Crippen LogP contribution >= 0.6 is 0 Å². The van der Waals surface area contributed by atoms with Crippen LogP contribution in [0, 0.1) is 30.0 Å². The summed E-state index contributed by atoms with van der Waals surface area (Å²) in [5.74, 6) is 0.137. The molecule has 39 heavy (non-hydrogen) atoms. The van der Waals surface area contributed by atoms with Gasteiger partial charge in [0.2, 0.25) is 0 Å². The summed E-state index contributed by atoms with van der Waals surface area (Å²) >= 11 is 0. The summed E-state index contributed by atoms with van der Waals surface area (Å²) in [5.41, 5.74) is 5.89. The number of piperidine rings is 1. The van der Waals surface area contributed by atoms with Crippen molar-refractivity contribution in [3.63, 3.8) is 0 Å². The van der Waals surface area contributed by atoms with Crippen LogP contribution in [0.1, 0.15) is 38.7 Å². The SMILES string of the molecule is Cc1cc2c(cnn2-c2ccc(F)cc2)cc1[C@]12CN(C(=O)c3cc(C#N)ccn3)C[C@H]1[C@@H]2c1ccccc1. The Morgan fingerprint density at radius 2 is 1.87 bits per heavy atom. The summed E-state index contributed by atoms with van der Waals surface area (Å²) in [5, 5.41) is 14.9. The van der Waals surface area contributed by atoms with Gasteiger partial charge in [-0.2, -0.15) is 10.4 Å². The van der Waals surface area contributed by atoms with E-state index in [0.717, 1.165) is 22.2 Å². The number of nitrogens with zero attached hydrogens (tertiary/aromatic N) is 5. The average molecular weight is 514 g/mol. The highest BCUT2D eigenvalue weighted by atomic mass is 19.1. The normalized spacial score (nSPS) is 21.5. The second kappa shape index (κ2) is 8.60. The number of carbonyl (C=O) groups is 1. The minimum atomic E-state index is -0.283. The largest absolute Gasteiger partial charge is 0.336 e. The molecular formula is C32H24FN5O. The zero-order chi connectivity index (χ0) is 26.7. The van der Waals surface area contributed by atoms with E-state index in [1.165, 1.54) is 29.5 Å². The molecule has 3 aromatic carbocycles. The lowest BCUT2D eigenvalue weighted by atomic mass is 9.86. The topological polar surface area (TPSA) is 74.8 Å². The van der Waals surface area contributed by atoms with Gasteiger partial charge in [-0.3, -0.25) is 9.78 Å². The number of carbonyl (C=O) groups excluding carboxylic acids is 1. The van der Waals surface area contributed by atoms with Gasteiger partial charge in [0.05, 0.1) is 29.0 Å². The van der Waals surface area contributed by atoms with Gasteiger partial charge in [-0.25, -0.2) is 9.07 Å². The Morgan fingerprint density at radius 1 is 1.08 bits per heavy atom. The van der Waals surface area contributed by atoms with Gasteiger partial charge in [0, 0.05) is 36.0 Å². The predicted molar refractivity (Wildman–Crippen MR) is 145 cm³/mol. The van der Waals surface area contributed by atoms with Crippen molar-refractivity contribution >= 4 is 16.8 Å². The van der Waals surface area contributed by atoms with Crippen LogP contribution in [-0.4, -0.2) is 38.7 Å². The van der Waals surface area contributed by atoms with Crippen molar-refractivity contribution in [2.75, 3.05) is 13.1 Å². The molecule has 1 saturated carbocycles. The predicted octanol–water partition coefficient (Wildman–Crippen LogP) is 5.55. The molecule has 1 amide bonds. The smallest absolute Gasteiger partial charge is 0.272 e. The number of aryl methyl sites for hydroxylation is 1. The average Bonchev–Trinajstić information content (AvgIpc) is 3.23. The highest BCUT2D eigenvalue weighted by Gasteiger charge is 2.71. The highest BCUT2D eigenvalue weighted by molar-refractivity contribution is 5.93. The Kier molecular flexibility index (Phi) is 5.14. The second-order valence-electron chi connectivity index (χ2n) is 10.5. The number of nitriles is 1. The van der Waals surface area contributed by atoms with Crippen molar-refractivity contribution in [3.8, 4) is 11.8 Å². The van der Waals surface area contributed by atoms with Crippen LogP contribution in [0.2, 0.25) is 0 Å². The fraction of sp³-hybridized carbons (Fsp3) is 0.188. The molecule has 3 heterocycles. The number of rotatable bonds is 4. The van der Waals surface area contributed by atoms with Gasteiger partial charge in [0.25, 0.3) is 5.91 Å². The molecule has 7 heteroatoms. The molecule has 2 fully saturated rings. The molecular weight excluding hydrogens is 489 g/mol. The summed E-state index contributed by atoms with van der Waals surface area (Å²) in [7, 11) is 0. The molecule has 2 aromatic heterocycles. The summed E-state index contributed by atoms with van der Waals surface area (Å²) in [6.45, 7) is 3.32. The molecule has 1 saturated heterocycles. The molecule has 0 radical (unpaired) electrons. The minimum Gasteiger partial charge on any atom is -0.336 e. The number of hydrogen-bond acceptors (Lipinski definition) is 4. The number of hydrogen-bond donors (Lipinski definition) is 0. The first-order valence-corrected chi connectivity index (χ1v) is 12.9. The molecule has 2 aliphatic rings. The van der Waals surface area contributed by atoms with Gasteiger partial charge in [-0.15, -0.1) is 0 Å². The van der Waals surface area contributed by atoms with E-state index in [9.17, 15) is 14.4 Å². The molecule has 7 rings (SSSR count). The van der Waals surface area contributed by atoms with Crippen LogP contribution in [0.15, 0.2) is 91.3 Å². The number of fused-ring (bicyclic) bond motifs is 2. The summed E-state index contributed by atoms with van der Waals surface area (Å²) in [4.78, 5) is 19.6. The molecule has 190 valence electrons. The van der Waals surface area contributed by atoms with Crippen molar-refractivity contribution in [2.45, 2.75) is 18.3 Å². The van der Waals surface area contributed by atoms with E-state index in [0.29, 0.717) is 30.3 Å². The second-order valence-corrected chi connectivity index (χ2v) is 10.5. The van der Waals surface area contributed by atoms with Crippen molar-refractivity contribution in [1.29, 1.82) is 5.26 Å². The first-order chi connectivity index (χ1) is 19.0. The quantitative estimate of drug-likeness (QED) is 0.316. The first-order valence-electron chi connectivity index (χ1n) is 12.9. The van der Waals surface area contributed by atoms with Gasteiger partial charge in [-0.1, -0.05) is 30.3 Å². The molecule has 0 unspecified atom stereocenters. The third kappa shape index (κ3) is 3.56. The highest BCUT2D eigenvalue weighted by Crippen LogP contribution is 2.69. The first kappa shape index (κ1) is 23.3. The molecule has 0 spiro atoms. The van der Waals surface area contributed by atoms with Crippen LogP contribution in [0.25, 0.3) is 16.6 Å². The van der Waals surface area contributed by atoms with Crippen molar-refractivity contribution in [2.24, 2.45) is 5.92 Å². The monoisotopic (exact) mass is 513 g/mol. The Labute approximate surface area is 224 Å². The molecule has 3 atom stereocenters. The van der Waals surface area contributed by atoms with E-state index in [2.05, 4.69) is 59.5 Å². The van der Waals surface area contributed by atoms with Gasteiger partial charge in [0.15, 0.2) is 0 Å². The summed E-state index contributed by atoms with van der Waals surface area (Å²) < 4.78 is 15.3. The van der Waals surface area contributed by atoms with Gasteiger partial charge >= 0.3 is 0 Å². The van der Waals surface area contributed by atoms with E-state index < -0.39 is 0 Å². The van der Waals surface area contributed by atoms with Gasteiger partial charge < -0.3 is 4.90 Å². The maximum atomic E-state index is 13.5. The Morgan fingerprint density at radius 3 is 2.64 bits per heavy atom. The number of amides is 1. The van der Waals surface area contributed by atoms with Crippen LogP contribution in [0.4, 0.5) is 4.39 Å². The van der Waals surface area contributed by atoms with Crippen LogP contribution in [0.5, 0.6) is 0 Å². The van der Waals surface area contributed by atoms with E-state index in [1.54, 1.807) is 24.3 Å². The number of halogens is 1. The lowest BCUT2D eigenvalue weighted by Crippen LogP contribution is -2.35. The maximum Gasteiger partial charge on any atom is 0.272 e. The molecule has 1 aliphatic heterocycles. The van der Waals surface area contributed by atoms with Crippen LogP contribution in [0.3, 0.4) is 0 Å². The van der Waals surface area contributed by atoms with Crippen LogP contribution < -0.4 is 0 Å². The molecule has 1 aliphatic carbocycles. The zero-order valence-corrected chi connectivity index (χ0v) is 21.3. The number of aromatic nitrogens is 3. The Balaban J connectivity index is 1.30. The van der Waals surface area contributed by atoms with Gasteiger partial charge in [-0.05, 0) is 78.1 Å². The third-order valence-corrected chi connectivity index (χ3v) is 8.42. The Hall–Kier alpha value is -4.83. The lowest BCUT2D eigenvalue weighted by Gasteiger charge is -2.25. The number of likely N-dealkylation sites (tertiary alicyclic amines) is 1. The van der Waals surface area contributed by atoms with Crippen molar-refractivity contribution in [1.82, 2.24) is 19.7 Å². The molecule has 0 N–H and O–H groups in total. The number of benzene rings is 3. The number of pyridine rings is 1. The van der Waals surface area contributed by atoms with E-state index in [-0.39, 0.29) is 23.1 Å². The van der Waals surface area contributed by atoms with Gasteiger partial charge in [0.1, 0.15) is 11.5 Å². The minimum absolute atomic E-state index is 0.145. The summed E-state index contributed by atoms with van der Waals surface area (Å²) in [6, 6.07) is 26.5. The van der Waals surface area contributed by atoms with Crippen molar-refractivity contribution < 1.29 is 9.18 Å². The fourth-order valence-electron chi connectivity index (χ4n) is 6.66. The van der Waals surface area contributed by atoms with E-state index in [1.807, 2.05) is 21.8 Å². The third-order valence-electron chi connectivity index (χ3n) is 8.42. The molecule has 6 nitrogen and oxygen atoms in total. The van der Waals surface area contributed by atoms with Crippen LogP contribution in [-0.2, 0) is 5.41 Å². The molecule has 0 bridgehead atoms. The van der Waals surface area contributed by atoms with E-state index >= 15 is 0 Å². The molecule has 5 aromatic rings. The summed E-state index contributed by atoms with van der Waals surface area (Å²) in [6.07, 6.45) is 3.37.